The second-order valence-electron chi connectivity index (χ2n) is 8.61. The van der Waals surface area contributed by atoms with E-state index in [1.807, 2.05) is 37.3 Å². The number of rotatable bonds is 8. The van der Waals surface area contributed by atoms with Gasteiger partial charge >= 0.3 is 11.9 Å². The highest BCUT2D eigenvalue weighted by Crippen LogP contribution is 2.22. The van der Waals surface area contributed by atoms with Crippen LogP contribution in [0.25, 0.3) is 17.5 Å². The lowest BCUT2D eigenvalue weighted by Crippen LogP contribution is -2.27. The number of oxazole rings is 1. The van der Waals surface area contributed by atoms with Crippen LogP contribution >= 0.6 is 0 Å². The summed E-state index contributed by atoms with van der Waals surface area (Å²) in [6.45, 7) is 7.50. The first-order chi connectivity index (χ1) is 16.2. The van der Waals surface area contributed by atoms with Gasteiger partial charge in [-0.1, -0.05) is 30.3 Å². The Balaban J connectivity index is 1.63. The van der Waals surface area contributed by atoms with Crippen molar-refractivity contribution in [2.75, 3.05) is 13.7 Å². The minimum Gasteiger partial charge on any atom is -0.493 e. The summed E-state index contributed by atoms with van der Waals surface area (Å²) in [6, 6.07) is 16.8. The molecule has 0 atom stereocenters. The molecule has 0 aliphatic carbocycles. The van der Waals surface area contributed by atoms with Gasteiger partial charge in [0.05, 0.1) is 19.4 Å². The second-order valence-corrected chi connectivity index (χ2v) is 8.61. The molecule has 0 bridgehead atoms. The maximum Gasteiger partial charge on any atom is 0.346 e. The van der Waals surface area contributed by atoms with Crippen molar-refractivity contribution in [2.45, 2.75) is 39.7 Å². The van der Waals surface area contributed by atoms with Crippen LogP contribution in [0, 0.1) is 6.92 Å². The van der Waals surface area contributed by atoms with Gasteiger partial charge in [-0.25, -0.2) is 14.6 Å². The van der Waals surface area contributed by atoms with Gasteiger partial charge in [-0.05, 0) is 63.6 Å². The topological polar surface area (TPSA) is 87.9 Å². The molecule has 0 aliphatic rings. The molecule has 0 N–H and O–H groups in total. The standard InChI is InChI=1S/C27H29NO6/c1-18-23(28-24(33-18)20-9-7-6-8-10-20)15-16-32-21-13-11-19(12-14-21)17-22(25(29)31-5)26(30)34-27(2,3)4/h6-14,17H,15-16H2,1-5H3. The number of benzene rings is 2. The molecule has 0 spiro atoms. The SMILES string of the molecule is COC(=O)C(=Cc1ccc(OCCc2nc(-c3ccccc3)oc2C)cc1)C(=O)OC(C)(C)C. The molecule has 1 heterocycles. The maximum atomic E-state index is 12.4. The van der Waals surface area contributed by atoms with E-state index in [2.05, 4.69) is 4.98 Å². The summed E-state index contributed by atoms with van der Waals surface area (Å²) < 4.78 is 21.7. The smallest absolute Gasteiger partial charge is 0.346 e. The van der Waals surface area contributed by atoms with Gasteiger partial charge in [0.1, 0.15) is 22.7 Å². The van der Waals surface area contributed by atoms with Gasteiger partial charge in [-0.3, -0.25) is 0 Å². The van der Waals surface area contributed by atoms with Crippen LogP contribution in [0.2, 0.25) is 0 Å². The van der Waals surface area contributed by atoms with Gasteiger partial charge in [-0.15, -0.1) is 0 Å². The lowest BCUT2D eigenvalue weighted by molar-refractivity contribution is -0.153. The van der Waals surface area contributed by atoms with Gasteiger partial charge < -0.3 is 18.6 Å². The lowest BCUT2D eigenvalue weighted by Gasteiger charge is -2.20. The summed E-state index contributed by atoms with van der Waals surface area (Å²) >= 11 is 0. The van der Waals surface area contributed by atoms with Crippen LogP contribution in [0.1, 0.15) is 37.8 Å². The highest BCUT2D eigenvalue weighted by atomic mass is 16.6. The van der Waals surface area contributed by atoms with Crippen LogP contribution in [-0.2, 0) is 25.5 Å². The Labute approximate surface area is 199 Å². The number of ether oxygens (including phenoxy) is 3. The fourth-order valence-corrected chi connectivity index (χ4v) is 3.10. The van der Waals surface area contributed by atoms with Crippen LogP contribution in [0.5, 0.6) is 5.75 Å². The Morgan fingerprint density at radius 3 is 2.29 bits per heavy atom. The molecule has 0 radical (unpaired) electrons. The molecule has 178 valence electrons. The zero-order valence-electron chi connectivity index (χ0n) is 20.1. The number of aryl methyl sites for hydroxylation is 1. The molecule has 0 saturated carbocycles. The number of carbonyl (C=O) groups excluding carboxylic acids is 2. The number of aromatic nitrogens is 1. The summed E-state index contributed by atoms with van der Waals surface area (Å²) in [6.07, 6.45) is 2.03. The summed E-state index contributed by atoms with van der Waals surface area (Å²) in [7, 11) is 1.22. The lowest BCUT2D eigenvalue weighted by atomic mass is 10.1. The van der Waals surface area contributed by atoms with Crippen molar-refractivity contribution in [3.8, 4) is 17.2 Å². The predicted octanol–water partition coefficient (Wildman–Crippen LogP) is 5.17. The third kappa shape index (κ3) is 6.81. The molecule has 2 aromatic carbocycles. The minimum atomic E-state index is -0.757. The summed E-state index contributed by atoms with van der Waals surface area (Å²) in [4.78, 5) is 29.1. The first-order valence-electron chi connectivity index (χ1n) is 10.9. The van der Waals surface area contributed by atoms with Crippen molar-refractivity contribution in [2.24, 2.45) is 0 Å². The van der Waals surface area contributed by atoms with E-state index < -0.39 is 17.5 Å². The van der Waals surface area contributed by atoms with Crippen LogP contribution in [0.15, 0.2) is 64.6 Å². The Bertz CT molecular complexity index is 1150. The van der Waals surface area contributed by atoms with Gasteiger partial charge in [-0.2, -0.15) is 0 Å². The van der Waals surface area contributed by atoms with Crippen molar-refractivity contribution in [3.63, 3.8) is 0 Å². The van der Waals surface area contributed by atoms with E-state index in [-0.39, 0.29) is 5.57 Å². The Morgan fingerprint density at radius 1 is 1.00 bits per heavy atom. The number of nitrogens with zero attached hydrogens (tertiary/aromatic N) is 1. The molecular formula is C27H29NO6. The van der Waals surface area contributed by atoms with E-state index in [0.717, 1.165) is 17.0 Å². The van der Waals surface area contributed by atoms with E-state index in [1.54, 1.807) is 45.0 Å². The molecule has 0 amide bonds. The van der Waals surface area contributed by atoms with Gasteiger partial charge in [0.15, 0.2) is 0 Å². The van der Waals surface area contributed by atoms with Crippen LogP contribution in [-0.4, -0.2) is 36.2 Å². The predicted molar refractivity (Wildman–Crippen MR) is 128 cm³/mol. The molecule has 0 aliphatic heterocycles. The first-order valence-corrected chi connectivity index (χ1v) is 10.9. The van der Waals surface area contributed by atoms with E-state index in [9.17, 15) is 9.59 Å². The second kappa shape index (κ2) is 10.8. The zero-order chi connectivity index (χ0) is 24.7. The molecule has 1 aromatic heterocycles. The zero-order valence-corrected chi connectivity index (χ0v) is 20.1. The largest absolute Gasteiger partial charge is 0.493 e. The quantitative estimate of drug-likeness (QED) is 0.197. The average molecular weight is 464 g/mol. The highest BCUT2D eigenvalue weighted by Gasteiger charge is 2.25. The number of hydrogen-bond donors (Lipinski definition) is 0. The molecule has 3 aromatic rings. The van der Waals surface area contributed by atoms with Crippen LogP contribution in [0.3, 0.4) is 0 Å². The molecular weight excluding hydrogens is 434 g/mol. The van der Waals surface area contributed by atoms with Gasteiger partial charge in [0.25, 0.3) is 0 Å². The van der Waals surface area contributed by atoms with E-state index in [0.29, 0.717) is 30.2 Å². The Morgan fingerprint density at radius 2 is 1.68 bits per heavy atom. The molecule has 7 heteroatoms. The van der Waals surface area contributed by atoms with E-state index >= 15 is 0 Å². The molecule has 0 fully saturated rings. The van der Waals surface area contributed by atoms with Crippen molar-refractivity contribution >= 4 is 18.0 Å². The maximum absolute atomic E-state index is 12.4. The third-order valence-electron chi connectivity index (χ3n) is 4.74. The van der Waals surface area contributed by atoms with Crippen LogP contribution in [0.4, 0.5) is 0 Å². The monoisotopic (exact) mass is 463 g/mol. The molecule has 0 unspecified atom stereocenters. The number of esters is 2. The Kier molecular flexibility index (Phi) is 7.89. The van der Waals surface area contributed by atoms with Crippen molar-refractivity contribution in [1.29, 1.82) is 0 Å². The summed E-state index contributed by atoms with van der Waals surface area (Å²) in [5.41, 5.74) is 1.50. The molecule has 34 heavy (non-hydrogen) atoms. The number of hydrogen-bond acceptors (Lipinski definition) is 7. The summed E-state index contributed by atoms with van der Waals surface area (Å²) in [5.74, 6) is 0.513. The fourth-order valence-electron chi connectivity index (χ4n) is 3.10. The first kappa shape index (κ1) is 24.8. The van der Waals surface area contributed by atoms with Gasteiger partial charge in [0.2, 0.25) is 5.89 Å². The minimum absolute atomic E-state index is 0.179. The van der Waals surface area contributed by atoms with E-state index in [1.165, 1.54) is 13.2 Å². The normalized spacial score (nSPS) is 11.7. The van der Waals surface area contributed by atoms with Crippen molar-refractivity contribution in [1.82, 2.24) is 4.98 Å². The number of methoxy groups -OCH3 is 1. The molecule has 0 saturated heterocycles. The number of carbonyl (C=O) groups is 2. The summed E-state index contributed by atoms with van der Waals surface area (Å²) in [5, 5.41) is 0. The Hall–Kier alpha value is -3.87. The van der Waals surface area contributed by atoms with Crippen LogP contribution < -0.4 is 4.74 Å². The molecule has 3 rings (SSSR count). The van der Waals surface area contributed by atoms with Gasteiger partial charge in [0, 0.05) is 12.0 Å². The third-order valence-corrected chi connectivity index (χ3v) is 4.74. The van der Waals surface area contributed by atoms with E-state index in [4.69, 9.17) is 18.6 Å². The van der Waals surface area contributed by atoms with Crippen molar-refractivity contribution < 1.29 is 28.2 Å². The van der Waals surface area contributed by atoms with Crippen molar-refractivity contribution in [3.05, 3.63) is 77.2 Å². The molecule has 7 nitrogen and oxygen atoms in total. The highest BCUT2D eigenvalue weighted by molar-refractivity contribution is 6.17. The average Bonchev–Trinajstić information content (AvgIpc) is 3.17. The fraction of sp³-hybridized carbons (Fsp3) is 0.296.